The molecule has 1 aromatic carbocycles. The topological polar surface area (TPSA) is 47.9 Å². The van der Waals surface area contributed by atoms with Gasteiger partial charge >= 0.3 is 0 Å². The molecule has 2 rings (SSSR count). The summed E-state index contributed by atoms with van der Waals surface area (Å²) in [6.07, 6.45) is 3.10. The van der Waals surface area contributed by atoms with Gasteiger partial charge in [-0.15, -0.1) is 0 Å². The molecule has 0 amide bonds. The molecule has 2 N–H and O–H groups in total. The zero-order chi connectivity index (χ0) is 13.0. The van der Waals surface area contributed by atoms with Crippen LogP contribution in [0.1, 0.15) is 24.8 Å². The summed E-state index contributed by atoms with van der Waals surface area (Å²) in [6.45, 7) is 1.53. The molecule has 0 saturated carbocycles. The Bertz CT molecular complexity index is 439. The van der Waals surface area contributed by atoms with E-state index in [4.69, 9.17) is 5.26 Å². The number of nitrogens with zero attached hydrogens (tertiary/aromatic N) is 1. The number of nitriles is 1. The lowest BCUT2D eigenvalue weighted by molar-refractivity contribution is 0.563. The van der Waals surface area contributed by atoms with Crippen molar-refractivity contribution in [3.05, 3.63) is 29.3 Å². The van der Waals surface area contributed by atoms with E-state index in [1.54, 1.807) is 6.07 Å². The lowest BCUT2D eigenvalue weighted by Gasteiger charge is -2.12. The highest BCUT2D eigenvalue weighted by Gasteiger charge is 2.15. The van der Waals surface area contributed by atoms with E-state index in [1.165, 1.54) is 0 Å². The molecule has 96 valence electrons. The van der Waals surface area contributed by atoms with Gasteiger partial charge in [-0.25, -0.2) is 8.78 Å². The minimum absolute atomic E-state index is 0.00647. The second kappa shape index (κ2) is 5.78. The highest BCUT2D eigenvalue weighted by Crippen LogP contribution is 2.20. The molecule has 1 aliphatic heterocycles. The molecule has 1 aromatic rings. The molecule has 1 atom stereocenters. The normalized spacial score (nSPS) is 18.6. The van der Waals surface area contributed by atoms with Crippen molar-refractivity contribution in [2.45, 2.75) is 25.3 Å². The van der Waals surface area contributed by atoms with E-state index in [0.717, 1.165) is 37.9 Å². The van der Waals surface area contributed by atoms with Gasteiger partial charge in [0.1, 0.15) is 5.69 Å². The van der Waals surface area contributed by atoms with Gasteiger partial charge in [-0.1, -0.05) is 0 Å². The molecule has 0 aromatic heterocycles. The predicted molar refractivity (Wildman–Crippen MR) is 65.2 cm³/mol. The summed E-state index contributed by atoms with van der Waals surface area (Å²) in [5, 5.41) is 14.7. The van der Waals surface area contributed by atoms with Crippen molar-refractivity contribution in [1.29, 1.82) is 5.26 Å². The summed E-state index contributed by atoms with van der Waals surface area (Å²) in [4.78, 5) is 0. The molecule has 5 heteroatoms. The van der Waals surface area contributed by atoms with Crippen LogP contribution in [-0.4, -0.2) is 19.1 Å². The smallest absolute Gasteiger partial charge is 0.150 e. The molecule has 0 radical (unpaired) electrons. The molecule has 1 aliphatic rings. The molecule has 3 nitrogen and oxygen atoms in total. The summed E-state index contributed by atoms with van der Waals surface area (Å²) >= 11 is 0. The van der Waals surface area contributed by atoms with E-state index in [9.17, 15) is 8.78 Å². The molecule has 0 aliphatic carbocycles. The lowest BCUT2D eigenvalue weighted by Crippen LogP contribution is -2.24. The Morgan fingerprint density at radius 1 is 1.39 bits per heavy atom. The number of halogens is 2. The Morgan fingerprint density at radius 2 is 2.11 bits per heavy atom. The largest absolute Gasteiger partial charge is 0.380 e. The van der Waals surface area contributed by atoms with E-state index >= 15 is 0 Å². The maximum absolute atomic E-state index is 13.5. The number of hydrogen-bond acceptors (Lipinski definition) is 3. The van der Waals surface area contributed by atoms with Crippen LogP contribution in [-0.2, 0) is 0 Å². The summed E-state index contributed by atoms with van der Waals surface area (Å²) in [5.41, 5.74) is -0.153. The molecule has 1 saturated heterocycles. The van der Waals surface area contributed by atoms with Crippen molar-refractivity contribution >= 4 is 5.69 Å². The third-order valence-corrected chi connectivity index (χ3v) is 3.13. The minimum atomic E-state index is -0.717. The molecule has 1 fully saturated rings. The Labute approximate surface area is 105 Å². The number of hydrogen-bond donors (Lipinski definition) is 2. The van der Waals surface area contributed by atoms with Gasteiger partial charge in [0, 0.05) is 12.6 Å². The van der Waals surface area contributed by atoms with Gasteiger partial charge in [0.25, 0.3) is 0 Å². The Hall–Kier alpha value is -1.67. The summed E-state index contributed by atoms with van der Waals surface area (Å²) < 4.78 is 27.1. The quantitative estimate of drug-likeness (QED) is 0.863. The lowest BCUT2D eigenvalue weighted by atomic mass is 10.1. The molecular weight excluding hydrogens is 236 g/mol. The van der Waals surface area contributed by atoms with Crippen LogP contribution in [0.2, 0.25) is 0 Å². The molecule has 0 bridgehead atoms. The summed E-state index contributed by atoms with van der Waals surface area (Å²) in [7, 11) is 0. The monoisotopic (exact) mass is 251 g/mol. The number of benzene rings is 1. The van der Waals surface area contributed by atoms with Crippen molar-refractivity contribution in [3.8, 4) is 6.07 Å². The van der Waals surface area contributed by atoms with Crippen LogP contribution in [0.4, 0.5) is 14.5 Å². The van der Waals surface area contributed by atoms with Gasteiger partial charge in [0.2, 0.25) is 0 Å². The first-order valence-corrected chi connectivity index (χ1v) is 6.07. The van der Waals surface area contributed by atoms with Gasteiger partial charge in [-0.3, -0.25) is 0 Å². The first-order valence-electron chi connectivity index (χ1n) is 6.07. The van der Waals surface area contributed by atoms with E-state index < -0.39 is 11.6 Å². The van der Waals surface area contributed by atoms with Gasteiger partial charge in [0.05, 0.1) is 11.6 Å². The molecular formula is C13H15F2N3. The SMILES string of the molecule is N#Cc1cc(F)c(NCC[C@H]2CCCN2)c(F)c1. The van der Waals surface area contributed by atoms with Gasteiger partial charge in [-0.2, -0.15) is 5.26 Å². The number of nitrogens with one attached hydrogen (secondary N) is 2. The molecule has 1 heterocycles. The number of rotatable bonds is 4. The van der Waals surface area contributed by atoms with Crippen molar-refractivity contribution in [1.82, 2.24) is 5.32 Å². The van der Waals surface area contributed by atoms with Crippen LogP contribution in [0, 0.1) is 23.0 Å². The van der Waals surface area contributed by atoms with Crippen LogP contribution in [0.3, 0.4) is 0 Å². The van der Waals surface area contributed by atoms with E-state index in [1.807, 2.05) is 0 Å². The zero-order valence-electron chi connectivity index (χ0n) is 9.97. The minimum Gasteiger partial charge on any atom is -0.380 e. The van der Waals surface area contributed by atoms with E-state index in [2.05, 4.69) is 10.6 Å². The average molecular weight is 251 g/mol. The first kappa shape index (κ1) is 12.8. The second-order valence-corrected chi connectivity index (χ2v) is 4.44. The fourth-order valence-electron chi connectivity index (χ4n) is 2.18. The van der Waals surface area contributed by atoms with E-state index in [-0.39, 0.29) is 11.3 Å². The standard InChI is InChI=1S/C13H15F2N3/c14-11-6-9(8-16)7-12(15)13(11)18-5-3-10-2-1-4-17-10/h6-7,10,17-18H,1-5H2/t10-/m1/s1. The fourth-order valence-corrected chi connectivity index (χ4v) is 2.18. The highest BCUT2D eigenvalue weighted by atomic mass is 19.1. The average Bonchev–Trinajstić information content (AvgIpc) is 2.85. The van der Waals surface area contributed by atoms with Crippen LogP contribution in [0.15, 0.2) is 12.1 Å². The van der Waals surface area contributed by atoms with Crippen molar-refractivity contribution in [2.75, 3.05) is 18.4 Å². The van der Waals surface area contributed by atoms with E-state index in [0.29, 0.717) is 12.6 Å². The van der Waals surface area contributed by atoms with Crippen molar-refractivity contribution in [2.24, 2.45) is 0 Å². The molecule has 0 unspecified atom stereocenters. The van der Waals surface area contributed by atoms with Crippen LogP contribution >= 0.6 is 0 Å². The Kier molecular flexibility index (Phi) is 4.11. The maximum Gasteiger partial charge on any atom is 0.150 e. The van der Waals surface area contributed by atoms with Gasteiger partial charge in [-0.05, 0) is 37.9 Å². The van der Waals surface area contributed by atoms with Gasteiger partial charge < -0.3 is 10.6 Å². The third-order valence-electron chi connectivity index (χ3n) is 3.13. The third kappa shape index (κ3) is 2.96. The molecule has 18 heavy (non-hydrogen) atoms. The van der Waals surface area contributed by atoms with Gasteiger partial charge in [0.15, 0.2) is 11.6 Å². The molecule has 0 spiro atoms. The predicted octanol–water partition coefficient (Wildman–Crippen LogP) is 2.39. The summed E-state index contributed by atoms with van der Waals surface area (Å²) in [5.74, 6) is -1.43. The Balaban J connectivity index is 1.94. The Morgan fingerprint density at radius 3 is 2.67 bits per heavy atom. The maximum atomic E-state index is 13.5. The number of anilines is 1. The fraction of sp³-hybridized carbons (Fsp3) is 0.462. The van der Waals surface area contributed by atoms with Crippen LogP contribution in [0.5, 0.6) is 0 Å². The highest BCUT2D eigenvalue weighted by molar-refractivity contribution is 5.50. The first-order chi connectivity index (χ1) is 8.70. The second-order valence-electron chi connectivity index (χ2n) is 4.44. The van der Waals surface area contributed by atoms with Crippen LogP contribution in [0.25, 0.3) is 0 Å². The van der Waals surface area contributed by atoms with Crippen LogP contribution < -0.4 is 10.6 Å². The summed E-state index contributed by atoms with van der Waals surface area (Å²) in [6, 6.07) is 4.23. The van der Waals surface area contributed by atoms with Crippen molar-refractivity contribution < 1.29 is 8.78 Å². The zero-order valence-corrected chi connectivity index (χ0v) is 9.97. The van der Waals surface area contributed by atoms with Crippen molar-refractivity contribution in [3.63, 3.8) is 0 Å².